The molecule has 0 atom stereocenters. The molecule has 0 radical (unpaired) electrons. The first-order valence-corrected chi connectivity index (χ1v) is 9.92. The zero-order valence-electron chi connectivity index (χ0n) is 17.4. The van der Waals surface area contributed by atoms with Crippen LogP contribution in [0.1, 0.15) is 6.42 Å². The second-order valence-electron chi connectivity index (χ2n) is 8.08. The highest BCUT2D eigenvalue weighted by Crippen LogP contribution is 2.63. The van der Waals surface area contributed by atoms with Crippen molar-refractivity contribution < 1.29 is 78.8 Å². The number of hydrogen-bond donors (Lipinski definition) is 0. The number of sulfonamides is 1. The van der Waals surface area contributed by atoms with Gasteiger partial charge in [0.1, 0.15) is 0 Å². The van der Waals surface area contributed by atoms with Crippen LogP contribution in [-0.4, -0.2) is 99.5 Å². The van der Waals surface area contributed by atoms with Crippen LogP contribution in [-0.2, 0) is 10.0 Å². The lowest BCUT2D eigenvalue weighted by atomic mass is 9.94. The maximum absolute atomic E-state index is 14.0. The van der Waals surface area contributed by atoms with Crippen molar-refractivity contribution in [2.24, 2.45) is 0 Å². The Morgan fingerprint density at radius 1 is 0.618 bits per heavy atom. The molecule has 0 bridgehead atoms. The van der Waals surface area contributed by atoms with Gasteiger partial charge in [0.25, 0.3) is 10.0 Å². The maximum Gasteiger partial charge on any atom is 0.460 e. The summed E-state index contributed by atoms with van der Waals surface area (Å²) in [5, 5.41) is -7.37. The van der Waals surface area contributed by atoms with Gasteiger partial charge in [-0.2, -0.15) is 70.2 Å². The van der Waals surface area contributed by atoms with Crippen molar-refractivity contribution in [2.75, 3.05) is 41.3 Å². The van der Waals surface area contributed by atoms with E-state index < -0.39 is 68.3 Å². The van der Waals surface area contributed by atoms with Crippen molar-refractivity contribution in [1.82, 2.24) is 4.31 Å². The van der Waals surface area contributed by atoms with Crippen LogP contribution in [0.2, 0.25) is 0 Å². The molecule has 0 aliphatic heterocycles. The molecule has 0 aliphatic carbocycles. The van der Waals surface area contributed by atoms with Crippen molar-refractivity contribution in [1.29, 1.82) is 0 Å². The average molecular weight is 563 g/mol. The number of alkyl halides is 15. The first kappa shape index (κ1) is 32.8. The third-order valence-electron chi connectivity index (χ3n) is 4.34. The van der Waals surface area contributed by atoms with E-state index in [1.54, 1.807) is 0 Å². The summed E-state index contributed by atoms with van der Waals surface area (Å²) < 4.78 is 221. The summed E-state index contributed by atoms with van der Waals surface area (Å²) >= 11 is 0. The van der Waals surface area contributed by atoms with E-state index in [4.69, 9.17) is 0 Å². The van der Waals surface area contributed by atoms with Gasteiger partial charge < -0.3 is 4.48 Å². The Labute approximate surface area is 182 Å². The summed E-state index contributed by atoms with van der Waals surface area (Å²) in [5.74, 6) is -41.6. The van der Waals surface area contributed by atoms with E-state index in [-0.39, 0.29) is 18.1 Å². The highest BCUT2D eigenvalue weighted by atomic mass is 32.2. The molecule has 0 aromatic carbocycles. The van der Waals surface area contributed by atoms with Crippen LogP contribution in [0.25, 0.3) is 0 Å². The fourth-order valence-electron chi connectivity index (χ4n) is 2.20. The van der Waals surface area contributed by atoms with Crippen molar-refractivity contribution in [3.8, 4) is 0 Å². The highest BCUT2D eigenvalue weighted by Gasteiger charge is 2.94. The fourth-order valence-corrected chi connectivity index (χ4v) is 3.41. The molecule has 0 aromatic rings. The fraction of sp³-hybridized carbons (Fsp3) is 1.00. The Morgan fingerprint density at radius 3 is 1.26 bits per heavy atom. The molecule has 0 amide bonds. The topological polar surface area (TPSA) is 37.4 Å². The summed E-state index contributed by atoms with van der Waals surface area (Å²) in [6.45, 7) is -1.16. The molecule has 20 heteroatoms. The van der Waals surface area contributed by atoms with Crippen LogP contribution in [0.3, 0.4) is 0 Å². The lowest BCUT2D eigenvalue weighted by Crippen LogP contribution is -2.73. The lowest BCUT2D eigenvalue weighted by Gasteiger charge is -2.41. The second-order valence-corrected chi connectivity index (χ2v) is 10.2. The van der Waals surface area contributed by atoms with Crippen LogP contribution < -0.4 is 0 Å². The Bertz CT molecular complexity index is 831. The SMILES string of the molecule is CN(CCC[N+](C)(C)C)S(=O)(=O)C(F)(F)C(F)(F)C(F)(F)C(F)(F)C(F)(F)C(F)(F)C(F)(F)F. The van der Waals surface area contributed by atoms with Crippen molar-refractivity contribution >= 4 is 10.0 Å². The Morgan fingerprint density at radius 2 is 0.941 bits per heavy atom. The number of hydrogen-bond acceptors (Lipinski definition) is 2. The van der Waals surface area contributed by atoms with E-state index >= 15 is 0 Å². The minimum absolute atomic E-state index is 0.0350. The largest absolute Gasteiger partial charge is 0.460 e. The molecule has 0 N–H and O–H groups in total. The summed E-state index contributed by atoms with van der Waals surface area (Å²) in [4.78, 5) is 0. The molecule has 0 rings (SSSR count). The molecule has 0 aliphatic rings. The number of rotatable bonds is 11. The van der Waals surface area contributed by atoms with Crippen LogP contribution >= 0.6 is 0 Å². The second kappa shape index (κ2) is 8.74. The number of halogens is 15. The molecule has 206 valence electrons. The van der Waals surface area contributed by atoms with Gasteiger partial charge in [0.2, 0.25) is 0 Å². The monoisotopic (exact) mass is 563 g/mol. The van der Waals surface area contributed by atoms with Gasteiger partial charge in [-0.1, -0.05) is 0 Å². The summed E-state index contributed by atoms with van der Waals surface area (Å²) in [5.41, 5.74) is 0. The molecule has 0 spiro atoms. The number of quaternary nitrogens is 1. The van der Waals surface area contributed by atoms with Gasteiger partial charge in [-0.3, -0.25) is 0 Å². The predicted molar refractivity (Wildman–Crippen MR) is 84.8 cm³/mol. The molecule has 0 heterocycles. The smallest absolute Gasteiger partial charge is 0.331 e. The molecule has 0 unspecified atom stereocenters. The molecule has 0 aromatic heterocycles. The van der Waals surface area contributed by atoms with Crippen molar-refractivity contribution in [3.63, 3.8) is 0 Å². The zero-order chi connectivity index (χ0) is 28.2. The minimum Gasteiger partial charge on any atom is -0.331 e. The van der Waals surface area contributed by atoms with Crippen molar-refractivity contribution in [2.45, 2.75) is 47.5 Å². The molecule has 0 saturated carbocycles. The van der Waals surface area contributed by atoms with Gasteiger partial charge in [-0.05, 0) is 0 Å². The minimum atomic E-state index is -8.54. The van der Waals surface area contributed by atoms with Crippen LogP contribution in [0.4, 0.5) is 65.9 Å². The molecule has 0 saturated heterocycles. The first-order valence-electron chi connectivity index (χ1n) is 8.48. The van der Waals surface area contributed by atoms with Crippen LogP contribution in [0.15, 0.2) is 0 Å². The third kappa shape index (κ3) is 4.90. The van der Waals surface area contributed by atoms with E-state index in [1.165, 1.54) is 21.1 Å². The van der Waals surface area contributed by atoms with Crippen molar-refractivity contribution in [3.05, 3.63) is 0 Å². The summed E-state index contributed by atoms with van der Waals surface area (Å²) in [7, 11) is -2.55. The Hall–Kier alpha value is -1.18. The quantitative estimate of drug-likeness (QED) is 0.271. The van der Waals surface area contributed by atoms with E-state index in [2.05, 4.69) is 0 Å². The zero-order valence-corrected chi connectivity index (χ0v) is 18.2. The average Bonchev–Trinajstić information content (AvgIpc) is 2.58. The standard InChI is InChI=1S/C14H18F15N2O2S/c1-30(6-5-7-31(2,3)4)34(32,33)14(28,29)12(23,24)10(19,20)8(15,16)9(17,18)11(21,22)13(25,26)27/h5-7H2,1-4H3/q+1. The van der Waals surface area contributed by atoms with Gasteiger partial charge in [-0.15, -0.1) is 0 Å². The molecular weight excluding hydrogens is 545 g/mol. The highest BCUT2D eigenvalue weighted by molar-refractivity contribution is 7.90. The normalized spacial score (nSPS) is 16.4. The molecular formula is C14H18F15N2O2S+. The third-order valence-corrected chi connectivity index (χ3v) is 6.24. The Kier molecular flexibility index (Phi) is 8.43. The van der Waals surface area contributed by atoms with Gasteiger partial charge >= 0.3 is 41.0 Å². The first-order chi connectivity index (χ1) is 14.4. The van der Waals surface area contributed by atoms with E-state index in [0.29, 0.717) is 0 Å². The van der Waals surface area contributed by atoms with Gasteiger partial charge in [0, 0.05) is 20.0 Å². The van der Waals surface area contributed by atoms with Gasteiger partial charge in [0.15, 0.2) is 0 Å². The maximum atomic E-state index is 14.0. The summed E-state index contributed by atoms with van der Waals surface area (Å²) in [6, 6.07) is 0. The summed E-state index contributed by atoms with van der Waals surface area (Å²) in [6.07, 6.45) is -8.14. The van der Waals surface area contributed by atoms with E-state index in [9.17, 15) is 74.3 Å². The molecule has 0 fully saturated rings. The Balaban J connectivity index is 6.51. The van der Waals surface area contributed by atoms with E-state index in [1.807, 2.05) is 0 Å². The van der Waals surface area contributed by atoms with E-state index in [0.717, 1.165) is 0 Å². The van der Waals surface area contributed by atoms with Crippen LogP contribution in [0, 0.1) is 0 Å². The number of nitrogens with zero attached hydrogens (tertiary/aromatic N) is 2. The van der Waals surface area contributed by atoms with Gasteiger partial charge in [0.05, 0.1) is 27.7 Å². The lowest BCUT2D eigenvalue weighted by molar-refractivity contribution is -0.870. The van der Waals surface area contributed by atoms with Crippen LogP contribution in [0.5, 0.6) is 0 Å². The predicted octanol–water partition coefficient (Wildman–Crippen LogP) is 4.68. The molecule has 4 nitrogen and oxygen atoms in total. The van der Waals surface area contributed by atoms with Gasteiger partial charge in [-0.25, -0.2) is 8.42 Å². The molecule has 34 heavy (non-hydrogen) atoms.